The fraction of sp³-hybridized carbons (Fsp3) is 0.222. The van der Waals surface area contributed by atoms with Gasteiger partial charge in [0, 0.05) is 35.0 Å². The highest BCUT2D eigenvalue weighted by atomic mass is 16.5. The van der Waals surface area contributed by atoms with Gasteiger partial charge in [0.2, 0.25) is 0 Å². The molecule has 0 bridgehead atoms. The lowest BCUT2D eigenvalue weighted by Gasteiger charge is -2.14. The molecule has 1 aliphatic rings. The molecule has 0 aliphatic carbocycles. The zero-order valence-electron chi connectivity index (χ0n) is 21.5. The number of imidazole rings is 1. The van der Waals surface area contributed by atoms with Gasteiger partial charge in [0.15, 0.2) is 0 Å². The van der Waals surface area contributed by atoms with Crippen molar-refractivity contribution in [2.45, 2.75) is 32.7 Å². The minimum Gasteiger partial charge on any atom is -0.453 e. The summed E-state index contributed by atoms with van der Waals surface area (Å²) in [6.45, 7) is 3.94. The Bertz CT molecular complexity index is 1740. The van der Waals surface area contributed by atoms with E-state index in [1.54, 1.807) is 27.4 Å². The number of aromatic amines is 1. The molecule has 0 saturated carbocycles. The molecule has 196 valence electrons. The smallest absolute Gasteiger partial charge is 0.411 e. The van der Waals surface area contributed by atoms with Gasteiger partial charge >= 0.3 is 6.09 Å². The molecule has 0 unspecified atom stereocenters. The number of H-pyrrole nitrogens is 1. The first-order chi connectivity index (χ1) is 18.9. The summed E-state index contributed by atoms with van der Waals surface area (Å²) in [5.41, 5.74) is 6.18. The molecular weight excluding hydrogens is 498 g/mol. The number of fused-ring (bicyclic) bond motifs is 1. The number of nitrogens with zero attached hydrogens (tertiary/aromatic N) is 7. The first kappa shape index (κ1) is 24.2. The molecular formula is C27H25N9O3. The lowest BCUT2D eigenvalue weighted by atomic mass is 10.1. The van der Waals surface area contributed by atoms with Crippen molar-refractivity contribution in [1.29, 1.82) is 0 Å². The van der Waals surface area contributed by atoms with Crippen LogP contribution in [0.1, 0.15) is 35.4 Å². The maximum Gasteiger partial charge on any atom is 0.411 e. The predicted molar refractivity (Wildman–Crippen MR) is 143 cm³/mol. The van der Waals surface area contributed by atoms with Crippen molar-refractivity contribution < 1.29 is 9.53 Å². The van der Waals surface area contributed by atoms with E-state index in [1.807, 2.05) is 44.2 Å². The topological polar surface area (TPSA) is 146 Å². The molecule has 39 heavy (non-hydrogen) atoms. The quantitative estimate of drug-likeness (QED) is 0.355. The van der Waals surface area contributed by atoms with Crippen LogP contribution < -0.4 is 10.9 Å². The molecule has 0 spiro atoms. The SMILES string of the molecule is COC(=O)Nc1ccc(-c2nc([C@@H]3CCc4nc(-c5cc(C)ccc5-n5cnnn5)cc(=O)n43)[nH]c2C)cc1. The fourth-order valence-electron chi connectivity index (χ4n) is 4.97. The molecule has 6 rings (SSSR count). The van der Waals surface area contributed by atoms with E-state index in [1.165, 1.54) is 13.4 Å². The molecule has 0 radical (unpaired) electrons. The summed E-state index contributed by atoms with van der Waals surface area (Å²) in [7, 11) is 1.32. The molecule has 2 N–H and O–H groups in total. The van der Waals surface area contributed by atoms with Crippen molar-refractivity contribution in [2.24, 2.45) is 0 Å². The van der Waals surface area contributed by atoms with Crippen LogP contribution in [0.15, 0.2) is 59.7 Å². The zero-order valence-corrected chi connectivity index (χ0v) is 21.5. The summed E-state index contributed by atoms with van der Waals surface area (Å²) >= 11 is 0. The highest BCUT2D eigenvalue weighted by molar-refractivity contribution is 5.85. The summed E-state index contributed by atoms with van der Waals surface area (Å²) in [5, 5.41) is 14.1. The van der Waals surface area contributed by atoms with Crippen molar-refractivity contribution in [2.75, 3.05) is 12.4 Å². The Morgan fingerprint density at radius 3 is 2.67 bits per heavy atom. The van der Waals surface area contributed by atoms with E-state index < -0.39 is 6.09 Å². The standard InChI is InChI=1S/C27H25N9O3/c1-15-4-9-21(35-14-28-33-34-35)19(12-15)20-13-24(37)36-22(10-11-23(36)31-20)26-29-16(2)25(32-26)17-5-7-18(8-6-17)30-27(38)39-3/h4-9,12-14,22H,10-11H2,1-3H3,(H,29,32)(H,30,38)/t22-/m0/s1. The van der Waals surface area contributed by atoms with Gasteiger partial charge in [-0.3, -0.25) is 14.7 Å². The molecule has 0 fully saturated rings. The number of aryl methyl sites for hydroxylation is 3. The highest BCUT2D eigenvalue weighted by Gasteiger charge is 2.30. The van der Waals surface area contributed by atoms with Gasteiger partial charge in [-0.25, -0.2) is 14.8 Å². The van der Waals surface area contributed by atoms with Gasteiger partial charge in [-0.15, -0.1) is 5.10 Å². The van der Waals surface area contributed by atoms with Gasteiger partial charge in [0.25, 0.3) is 5.56 Å². The Kier molecular flexibility index (Phi) is 5.98. The normalized spacial score (nSPS) is 14.3. The molecule has 3 aromatic heterocycles. The second kappa shape index (κ2) is 9.63. The number of tetrazole rings is 1. The number of carbonyl (C=O) groups is 1. The van der Waals surface area contributed by atoms with E-state index in [-0.39, 0.29) is 11.6 Å². The number of benzene rings is 2. The second-order valence-corrected chi connectivity index (χ2v) is 9.38. The minimum absolute atomic E-state index is 0.143. The molecule has 0 saturated heterocycles. The van der Waals surface area contributed by atoms with Crippen LogP contribution in [0.25, 0.3) is 28.2 Å². The third kappa shape index (κ3) is 4.45. The van der Waals surface area contributed by atoms with E-state index >= 15 is 0 Å². The molecule has 1 aliphatic heterocycles. The third-order valence-corrected chi connectivity index (χ3v) is 6.81. The molecule has 12 heteroatoms. The molecule has 12 nitrogen and oxygen atoms in total. The lowest BCUT2D eigenvalue weighted by Crippen LogP contribution is -2.25. The van der Waals surface area contributed by atoms with E-state index in [0.29, 0.717) is 35.9 Å². The largest absolute Gasteiger partial charge is 0.453 e. The number of aromatic nitrogens is 8. The Labute approximate surface area is 222 Å². The van der Waals surface area contributed by atoms with Crippen LogP contribution in [0, 0.1) is 13.8 Å². The fourth-order valence-corrected chi connectivity index (χ4v) is 4.97. The van der Waals surface area contributed by atoms with Crippen LogP contribution in [0.5, 0.6) is 0 Å². The lowest BCUT2D eigenvalue weighted by molar-refractivity contribution is 0.187. The van der Waals surface area contributed by atoms with E-state index in [4.69, 9.17) is 9.97 Å². The first-order valence-electron chi connectivity index (χ1n) is 12.4. The number of methoxy groups -OCH3 is 1. The number of amides is 1. The summed E-state index contributed by atoms with van der Waals surface area (Å²) in [6, 6.07) is 14.5. The van der Waals surface area contributed by atoms with Crippen molar-refractivity contribution >= 4 is 11.8 Å². The van der Waals surface area contributed by atoms with Gasteiger partial charge in [0.1, 0.15) is 18.0 Å². The number of hydrogen-bond acceptors (Lipinski definition) is 8. The van der Waals surface area contributed by atoms with Crippen molar-refractivity contribution in [3.05, 3.63) is 88.1 Å². The van der Waals surface area contributed by atoms with Crippen LogP contribution in [0.4, 0.5) is 10.5 Å². The van der Waals surface area contributed by atoms with E-state index in [0.717, 1.165) is 33.8 Å². The molecule has 2 aromatic carbocycles. The van der Waals surface area contributed by atoms with Crippen molar-refractivity contribution in [3.63, 3.8) is 0 Å². The van der Waals surface area contributed by atoms with E-state index in [9.17, 15) is 9.59 Å². The maximum atomic E-state index is 13.5. The van der Waals surface area contributed by atoms with Crippen LogP contribution >= 0.6 is 0 Å². The maximum absolute atomic E-state index is 13.5. The van der Waals surface area contributed by atoms with Gasteiger partial charge in [0.05, 0.1) is 30.2 Å². The van der Waals surface area contributed by atoms with Gasteiger partial charge in [-0.05, 0) is 55.0 Å². The highest BCUT2D eigenvalue weighted by Crippen LogP contribution is 2.33. The monoisotopic (exact) mass is 523 g/mol. The summed E-state index contributed by atoms with van der Waals surface area (Å²) < 4.78 is 7.93. The number of nitrogens with one attached hydrogen (secondary N) is 2. The van der Waals surface area contributed by atoms with Crippen molar-refractivity contribution in [3.8, 4) is 28.2 Å². The second-order valence-electron chi connectivity index (χ2n) is 9.38. The van der Waals surface area contributed by atoms with Crippen LogP contribution in [-0.2, 0) is 11.2 Å². The Morgan fingerprint density at radius 1 is 1.10 bits per heavy atom. The van der Waals surface area contributed by atoms with Crippen LogP contribution in [-0.4, -0.2) is 52.9 Å². The summed E-state index contributed by atoms with van der Waals surface area (Å²) in [6.07, 6.45) is 2.33. The van der Waals surface area contributed by atoms with Crippen molar-refractivity contribution in [1.82, 2.24) is 39.7 Å². The number of carbonyl (C=O) groups excluding carboxylic acids is 1. The van der Waals surface area contributed by atoms with E-state index in [2.05, 4.69) is 30.6 Å². The van der Waals surface area contributed by atoms with Gasteiger partial charge < -0.3 is 9.72 Å². The molecule has 4 heterocycles. The zero-order chi connectivity index (χ0) is 27.1. The Hall–Kier alpha value is -5.13. The minimum atomic E-state index is -0.530. The average Bonchev–Trinajstić information content (AvgIpc) is 3.69. The third-order valence-electron chi connectivity index (χ3n) is 6.81. The Morgan fingerprint density at radius 2 is 1.92 bits per heavy atom. The van der Waals surface area contributed by atoms with Gasteiger partial charge in [-0.2, -0.15) is 4.68 Å². The average molecular weight is 524 g/mol. The first-order valence-corrected chi connectivity index (χ1v) is 12.4. The molecule has 1 atom stereocenters. The molecule has 1 amide bonds. The molecule has 5 aromatic rings. The number of ether oxygens (including phenoxy) is 1. The Balaban J connectivity index is 1.33. The summed E-state index contributed by atoms with van der Waals surface area (Å²) in [5.74, 6) is 1.42. The van der Waals surface area contributed by atoms with Gasteiger partial charge in [-0.1, -0.05) is 23.8 Å². The van der Waals surface area contributed by atoms with Crippen LogP contribution in [0.2, 0.25) is 0 Å². The van der Waals surface area contributed by atoms with Crippen LogP contribution in [0.3, 0.4) is 0 Å². The number of hydrogen-bond donors (Lipinski definition) is 2. The number of anilines is 1. The summed E-state index contributed by atoms with van der Waals surface area (Å²) in [4.78, 5) is 38.1. The predicted octanol–water partition coefficient (Wildman–Crippen LogP) is 3.61. The number of rotatable bonds is 5.